The minimum absolute atomic E-state index is 0.0415. The number of alkyl halides is 6. The second-order valence-corrected chi connectivity index (χ2v) is 10.7. The maximum absolute atomic E-state index is 13.6. The number of amides is 1. The van der Waals surface area contributed by atoms with E-state index in [1.165, 1.54) is 4.90 Å². The van der Waals surface area contributed by atoms with Crippen LogP contribution in [0.3, 0.4) is 0 Å². The number of rotatable bonds is 8. The quantitative estimate of drug-likeness (QED) is 0.187. The van der Waals surface area contributed by atoms with Crippen molar-refractivity contribution in [3.8, 4) is 0 Å². The summed E-state index contributed by atoms with van der Waals surface area (Å²) in [7, 11) is 0. The zero-order chi connectivity index (χ0) is 30.6. The molecular formula is C32H30F6N4O. The highest BCUT2D eigenvalue weighted by Crippen LogP contribution is 2.37. The van der Waals surface area contributed by atoms with Gasteiger partial charge in [0.2, 0.25) is 0 Å². The second kappa shape index (κ2) is 12.7. The first-order valence-corrected chi connectivity index (χ1v) is 13.9. The van der Waals surface area contributed by atoms with Crippen molar-refractivity contribution in [1.82, 2.24) is 20.1 Å². The average molecular weight is 601 g/mol. The van der Waals surface area contributed by atoms with E-state index in [2.05, 4.69) is 15.2 Å². The van der Waals surface area contributed by atoms with Crippen molar-refractivity contribution < 1.29 is 31.1 Å². The zero-order valence-corrected chi connectivity index (χ0v) is 23.1. The predicted molar refractivity (Wildman–Crippen MR) is 151 cm³/mol. The van der Waals surface area contributed by atoms with Crippen molar-refractivity contribution in [3.63, 3.8) is 0 Å². The van der Waals surface area contributed by atoms with Gasteiger partial charge in [0.1, 0.15) is 0 Å². The first-order valence-electron chi connectivity index (χ1n) is 13.9. The number of benzene rings is 3. The normalized spacial score (nSPS) is 16.5. The van der Waals surface area contributed by atoms with E-state index in [4.69, 9.17) is 0 Å². The predicted octanol–water partition coefficient (Wildman–Crippen LogP) is 6.43. The average Bonchev–Trinajstić information content (AvgIpc) is 2.98. The topological polar surface area (TPSA) is 48.5 Å². The summed E-state index contributed by atoms with van der Waals surface area (Å²) in [4.78, 5) is 21.3. The number of hydrogen-bond donors (Lipinski definition) is 1. The number of piperazine rings is 1. The molecule has 3 aromatic carbocycles. The Kier molecular flexibility index (Phi) is 9.03. The minimum Gasteiger partial charge on any atom is -0.333 e. The lowest BCUT2D eigenvalue weighted by Gasteiger charge is -2.42. The third-order valence-corrected chi connectivity index (χ3v) is 7.60. The molecule has 0 spiro atoms. The Bertz CT molecular complexity index is 1530. The molecule has 1 amide bonds. The second-order valence-electron chi connectivity index (χ2n) is 10.7. The summed E-state index contributed by atoms with van der Waals surface area (Å²) >= 11 is 0. The third-order valence-electron chi connectivity index (χ3n) is 7.60. The van der Waals surface area contributed by atoms with Crippen LogP contribution in [-0.2, 0) is 25.3 Å². The van der Waals surface area contributed by atoms with Gasteiger partial charge in [-0.2, -0.15) is 26.3 Å². The molecule has 4 aromatic rings. The lowest BCUT2D eigenvalue weighted by atomic mass is 9.97. The van der Waals surface area contributed by atoms with Crippen molar-refractivity contribution in [2.45, 2.75) is 31.4 Å². The van der Waals surface area contributed by atoms with E-state index in [-0.39, 0.29) is 12.6 Å². The van der Waals surface area contributed by atoms with E-state index in [0.717, 1.165) is 21.9 Å². The van der Waals surface area contributed by atoms with Crippen LogP contribution in [0.5, 0.6) is 0 Å². The Balaban J connectivity index is 1.38. The van der Waals surface area contributed by atoms with Crippen molar-refractivity contribution in [3.05, 3.63) is 113 Å². The maximum Gasteiger partial charge on any atom is 0.416 e. The molecule has 5 rings (SSSR count). The highest BCUT2D eigenvalue weighted by Gasteiger charge is 2.39. The summed E-state index contributed by atoms with van der Waals surface area (Å²) in [5.41, 5.74) is -1.69. The molecule has 1 aromatic heterocycles. The highest BCUT2D eigenvalue weighted by atomic mass is 19.4. The minimum atomic E-state index is -5.04. The molecule has 0 aliphatic carbocycles. The van der Waals surface area contributed by atoms with Gasteiger partial charge >= 0.3 is 12.4 Å². The summed E-state index contributed by atoms with van der Waals surface area (Å²) in [6.07, 6.45) is -6.22. The van der Waals surface area contributed by atoms with Crippen molar-refractivity contribution in [1.29, 1.82) is 0 Å². The van der Waals surface area contributed by atoms with Crippen LogP contribution >= 0.6 is 0 Å². The summed E-state index contributed by atoms with van der Waals surface area (Å²) in [5.74, 6) is -0.850. The molecule has 0 unspecified atom stereocenters. The summed E-state index contributed by atoms with van der Waals surface area (Å²) in [5, 5.41) is 5.39. The molecule has 1 aliphatic heterocycles. The molecule has 0 saturated carbocycles. The lowest BCUT2D eigenvalue weighted by Crippen LogP contribution is -2.56. The number of nitrogens with zero attached hydrogens (tertiary/aromatic N) is 3. The fraction of sp³-hybridized carbons (Fsp3) is 0.312. The van der Waals surface area contributed by atoms with Crippen molar-refractivity contribution in [2.75, 3.05) is 32.7 Å². The lowest BCUT2D eigenvalue weighted by molar-refractivity contribution is -0.143. The van der Waals surface area contributed by atoms with E-state index in [1.54, 1.807) is 12.4 Å². The van der Waals surface area contributed by atoms with Crippen molar-refractivity contribution >= 4 is 16.7 Å². The van der Waals surface area contributed by atoms with Gasteiger partial charge in [0.25, 0.3) is 5.91 Å². The molecule has 1 saturated heterocycles. The standard InChI is InChI=1S/C32H30F6N4O/c33-31(34,35)27-16-26(17-28(18-27)32(36,37)38)30(43)42-13-12-41(11-10-40-20-23-4-3-9-39-19-23)21-29(42)15-22-7-8-24-5-1-2-6-25(24)14-22/h1-9,14,16-19,29,40H,10-13,15,20-21H2/t29-/m1/s1. The van der Waals surface area contributed by atoms with Gasteiger partial charge in [0.15, 0.2) is 0 Å². The molecule has 1 atom stereocenters. The largest absolute Gasteiger partial charge is 0.416 e. The molecule has 5 nitrogen and oxygen atoms in total. The fourth-order valence-electron chi connectivity index (χ4n) is 5.42. The Labute approximate surface area is 245 Å². The van der Waals surface area contributed by atoms with Gasteiger partial charge in [-0.05, 0) is 52.6 Å². The summed E-state index contributed by atoms with van der Waals surface area (Å²) in [6.45, 7) is 2.94. The van der Waals surface area contributed by atoms with Crippen LogP contribution in [0.4, 0.5) is 26.3 Å². The van der Waals surface area contributed by atoms with Crippen LogP contribution in [-0.4, -0.2) is 59.5 Å². The van der Waals surface area contributed by atoms with Gasteiger partial charge in [0.05, 0.1) is 11.1 Å². The number of carbonyl (C=O) groups is 1. The molecule has 43 heavy (non-hydrogen) atoms. The summed E-state index contributed by atoms with van der Waals surface area (Å²) in [6, 6.07) is 18.1. The molecule has 1 fully saturated rings. The molecule has 1 N–H and O–H groups in total. The van der Waals surface area contributed by atoms with E-state index in [9.17, 15) is 31.1 Å². The molecule has 226 valence electrons. The third kappa shape index (κ3) is 7.71. The molecule has 0 bridgehead atoms. The van der Waals surface area contributed by atoms with E-state index in [1.807, 2.05) is 54.6 Å². The maximum atomic E-state index is 13.6. The highest BCUT2D eigenvalue weighted by molar-refractivity contribution is 5.95. The van der Waals surface area contributed by atoms with Crippen LogP contribution in [0.25, 0.3) is 10.8 Å². The Morgan fingerprint density at radius 2 is 1.56 bits per heavy atom. The first kappa shape index (κ1) is 30.5. The van der Waals surface area contributed by atoms with Gasteiger partial charge in [-0.15, -0.1) is 0 Å². The molecule has 11 heteroatoms. The van der Waals surface area contributed by atoms with E-state index in [0.29, 0.717) is 51.3 Å². The van der Waals surface area contributed by atoms with Gasteiger partial charge in [0, 0.05) is 63.3 Å². The van der Waals surface area contributed by atoms with Crippen LogP contribution in [0.2, 0.25) is 0 Å². The van der Waals surface area contributed by atoms with Gasteiger partial charge in [-0.3, -0.25) is 14.7 Å². The van der Waals surface area contributed by atoms with Gasteiger partial charge in [-0.25, -0.2) is 0 Å². The van der Waals surface area contributed by atoms with Crippen LogP contribution in [0, 0.1) is 0 Å². The van der Waals surface area contributed by atoms with E-state index >= 15 is 0 Å². The summed E-state index contributed by atoms with van der Waals surface area (Å²) < 4.78 is 81.2. The van der Waals surface area contributed by atoms with Crippen LogP contribution in [0.1, 0.15) is 32.6 Å². The number of halogens is 6. The number of nitrogens with one attached hydrogen (secondary N) is 1. The SMILES string of the molecule is O=C(c1cc(C(F)(F)F)cc(C(F)(F)F)c1)N1CCN(CCNCc2cccnc2)C[C@H]1Cc1ccc2ccccc2c1. The first-order chi connectivity index (χ1) is 20.5. The van der Waals surface area contributed by atoms with Gasteiger partial charge < -0.3 is 10.2 Å². The van der Waals surface area contributed by atoms with Crippen molar-refractivity contribution in [2.24, 2.45) is 0 Å². The number of fused-ring (bicyclic) bond motifs is 1. The fourth-order valence-corrected chi connectivity index (χ4v) is 5.42. The molecule has 0 radical (unpaired) electrons. The number of hydrogen-bond acceptors (Lipinski definition) is 4. The molecular weight excluding hydrogens is 570 g/mol. The molecule has 1 aliphatic rings. The Hall–Kier alpha value is -3.96. The Morgan fingerprint density at radius 3 is 2.23 bits per heavy atom. The number of aromatic nitrogens is 1. The number of pyridine rings is 1. The van der Waals surface area contributed by atoms with Crippen LogP contribution < -0.4 is 5.32 Å². The van der Waals surface area contributed by atoms with Gasteiger partial charge in [-0.1, -0.05) is 48.5 Å². The monoisotopic (exact) mass is 600 g/mol. The molecule has 2 heterocycles. The van der Waals surface area contributed by atoms with Crippen LogP contribution in [0.15, 0.2) is 85.2 Å². The smallest absolute Gasteiger partial charge is 0.333 e. The van der Waals surface area contributed by atoms with E-state index < -0.39 is 41.0 Å². The zero-order valence-electron chi connectivity index (χ0n) is 23.1. The Morgan fingerprint density at radius 1 is 0.837 bits per heavy atom. The number of carbonyl (C=O) groups excluding carboxylic acids is 1.